The zero-order valence-corrected chi connectivity index (χ0v) is 11.6. The van der Waals surface area contributed by atoms with Crippen molar-refractivity contribution in [2.24, 2.45) is 5.92 Å². The number of carbonyl (C=O) groups is 1. The molecule has 1 heterocycles. The van der Waals surface area contributed by atoms with E-state index < -0.39 is 5.60 Å². The Hall–Kier alpha value is -1.55. The minimum Gasteiger partial charge on any atom is -0.508 e. The molecule has 1 fully saturated rings. The lowest BCUT2D eigenvalue weighted by Gasteiger charge is -2.24. The number of benzene rings is 1. The van der Waals surface area contributed by atoms with Crippen LogP contribution < -0.4 is 5.32 Å². The van der Waals surface area contributed by atoms with Gasteiger partial charge in [0.15, 0.2) is 0 Å². The normalized spacial score (nSPS) is 23.3. The molecule has 1 saturated heterocycles. The minimum atomic E-state index is -0.469. The third kappa shape index (κ3) is 3.47. The third-order valence-corrected chi connectivity index (χ3v) is 3.22. The molecule has 1 aromatic rings. The molecule has 0 amide bonds. The highest BCUT2D eigenvalue weighted by atomic mass is 16.6. The number of nitrogens with one attached hydrogen (secondary N) is 1. The summed E-state index contributed by atoms with van der Waals surface area (Å²) in [5.41, 5.74) is 0.504. The fraction of sp³-hybridized carbons (Fsp3) is 0.533. The molecular formula is C15H21NO3. The average Bonchev–Trinajstić information content (AvgIpc) is 2.75. The zero-order chi connectivity index (χ0) is 14.0. The standard InChI is InChI=1S/C15H21NO3/c1-15(2,3)19-14(18)13-9-16-8-12(13)10-5-4-6-11(17)7-10/h4-7,12-13,16-17H,8-9H2,1-3H3/t12-,13+/m0/s1. The molecule has 4 heteroatoms. The summed E-state index contributed by atoms with van der Waals surface area (Å²) in [6, 6.07) is 7.09. The summed E-state index contributed by atoms with van der Waals surface area (Å²) in [6.07, 6.45) is 0. The van der Waals surface area contributed by atoms with Crippen molar-refractivity contribution in [3.8, 4) is 5.75 Å². The van der Waals surface area contributed by atoms with Gasteiger partial charge >= 0.3 is 5.97 Å². The van der Waals surface area contributed by atoms with Crippen LogP contribution in [0.5, 0.6) is 5.75 Å². The lowest BCUT2D eigenvalue weighted by atomic mass is 9.89. The number of hydrogen-bond acceptors (Lipinski definition) is 4. The summed E-state index contributed by atoms with van der Waals surface area (Å²) < 4.78 is 5.46. The van der Waals surface area contributed by atoms with Crippen molar-refractivity contribution in [2.75, 3.05) is 13.1 Å². The Bertz CT molecular complexity index is 465. The van der Waals surface area contributed by atoms with Crippen molar-refractivity contribution in [3.63, 3.8) is 0 Å². The topological polar surface area (TPSA) is 58.6 Å². The van der Waals surface area contributed by atoms with E-state index in [1.54, 1.807) is 18.2 Å². The van der Waals surface area contributed by atoms with Gasteiger partial charge in [0, 0.05) is 19.0 Å². The Balaban J connectivity index is 2.15. The molecule has 0 bridgehead atoms. The second kappa shape index (κ2) is 5.21. The van der Waals surface area contributed by atoms with Gasteiger partial charge in [-0.3, -0.25) is 4.79 Å². The maximum Gasteiger partial charge on any atom is 0.311 e. The molecule has 2 N–H and O–H groups in total. The summed E-state index contributed by atoms with van der Waals surface area (Å²) in [6.45, 7) is 6.96. The van der Waals surface area contributed by atoms with Crippen LogP contribution in [0.2, 0.25) is 0 Å². The van der Waals surface area contributed by atoms with Crippen LogP contribution in [0, 0.1) is 5.92 Å². The van der Waals surface area contributed by atoms with Gasteiger partial charge in [-0.2, -0.15) is 0 Å². The van der Waals surface area contributed by atoms with Gasteiger partial charge in [0.1, 0.15) is 11.4 Å². The van der Waals surface area contributed by atoms with E-state index in [0.717, 1.165) is 12.1 Å². The van der Waals surface area contributed by atoms with Crippen molar-refractivity contribution < 1.29 is 14.6 Å². The average molecular weight is 263 g/mol. The molecule has 19 heavy (non-hydrogen) atoms. The van der Waals surface area contributed by atoms with Gasteiger partial charge in [-0.25, -0.2) is 0 Å². The van der Waals surface area contributed by atoms with Gasteiger partial charge < -0.3 is 15.2 Å². The SMILES string of the molecule is CC(C)(C)OC(=O)[C@@H]1CNC[C@H]1c1cccc(O)c1. The van der Waals surface area contributed by atoms with Crippen LogP contribution in [0.1, 0.15) is 32.3 Å². The second-order valence-corrected chi connectivity index (χ2v) is 6.00. The first-order valence-electron chi connectivity index (χ1n) is 6.59. The fourth-order valence-electron chi connectivity index (χ4n) is 2.41. The summed E-state index contributed by atoms with van der Waals surface area (Å²) in [5.74, 6) is -0.0823. The fourth-order valence-corrected chi connectivity index (χ4v) is 2.41. The zero-order valence-electron chi connectivity index (χ0n) is 11.6. The van der Waals surface area contributed by atoms with Gasteiger partial charge in [-0.15, -0.1) is 0 Å². The Morgan fingerprint density at radius 2 is 2.11 bits per heavy atom. The number of esters is 1. The molecule has 0 aromatic heterocycles. The Kier molecular flexibility index (Phi) is 3.80. The maximum absolute atomic E-state index is 12.2. The number of ether oxygens (including phenoxy) is 1. The van der Waals surface area contributed by atoms with E-state index in [9.17, 15) is 9.90 Å². The van der Waals surface area contributed by atoms with Crippen LogP contribution in [0.3, 0.4) is 0 Å². The second-order valence-electron chi connectivity index (χ2n) is 6.00. The summed E-state index contributed by atoms with van der Waals surface area (Å²) in [7, 11) is 0. The smallest absolute Gasteiger partial charge is 0.311 e. The van der Waals surface area contributed by atoms with E-state index in [-0.39, 0.29) is 23.6 Å². The van der Waals surface area contributed by atoms with Crippen LogP contribution in [0.15, 0.2) is 24.3 Å². The van der Waals surface area contributed by atoms with Crippen molar-refractivity contribution in [1.29, 1.82) is 0 Å². The van der Waals surface area contributed by atoms with E-state index in [2.05, 4.69) is 5.32 Å². The number of phenols is 1. The Morgan fingerprint density at radius 1 is 1.37 bits per heavy atom. The van der Waals surface area contributed by atoms with Gasteiger partial charge in [-0.05, 0) is 38.5 Å². The number of carbonyl (C=O) groups excluding carboxylic acids is 1. The largest absolute Gasteiger partial charge is 0.508 e. The number of phenolic OH excluding ortho intramolecular Hbond substituents is 1. The first kappa shape index (κ1) is 13.9. The van der Waals surface area contributed by atoms with E-state index in [0.29, 0.717) is 6.54 Å². The molecule has 0 spiro atoms. The molecular weight excluding hydrogens is 242 g/mol. The van der Waals surface area contributed by atoms with Crippen molar-refractivity contribution in [2.45, 2.75) is 32.3 Å². The first-order chi connectivity index (χ1) is 8.87. The summed E-state index contributed by atoms with van der Waals surface area (Å²) in [5, 5.41) is 12.8. The summed E-state index contributed by atoms with van der Waals surface area (Å²) in [4.78, 5) is 12.2. The van der Waals surface area contributed by atoms with Gasteiger partial charge in [0.05, 0.1) is 5.92 Å². The van der Waals surface area contributed by atoms with Gasteiger partial charge in [0.25, 0.3) is 0 Å². The molecule has 1 aliphatic rings. The van der Waals surface area contributed by atoms with Crippen LogP contribution in [-0.4, -0.2) is 29.8 Å². The Morgan fingerprint density at radius 3 is 2.74 bits per heavy atom. The third-order valence-electron chi connectivity index (χ3n) is 3.22. The first-order valence-corrected chi connectivity index (χ1v) is 6.59. The molecule has 0 unspecified atom stereocenters. The Labute approximate surface area is 113 Å². The lowest BCUT2D eigenvalue weighted by molar-refractivity contribution is -0.159. The van der Waals surface area contributed by atoms with Crippen LogP contribution in [0.4, 0.5) is 0 Å². The van der Waals surface area contributed by atoms with Crippen LogP contribution in [-0.2, 0) is 9.53 Å². The molecule has 0 radical (unpaired) electrons. The predicted molar refractivity (Wildman–Crippen MR) is 73.1 cm³/mol. The maximum atomic E-state index is 12.2. The molecule has 1 aliphatic heterocycles. The number of hydrogen-bond donors (Lipinski definition) is 2. The van der Waals surface area contributed by atoms with Crippen molar-refractivity contribution in [3.05, 3.63) is 29.8 Å². The van der Waals surface area contributed by atoms with Crippen LogP contribution >= 0.6 is 0 Å². The molecule has 0 saturated carbocycles. The molecule has 0 aliphatic carbocycles. The van der Waals surface area contributed by atoms with Crippen LogP contribution in [0.25, 0.3) is 0 Å². The minimum absolute atomic E-state index is 0.0574. The molecule has 2 rings (SSSR count). The highest BCUT2D eigenvalue weighted by Crippen LogP contribution is 2.31. The van der Waals surface area contributed by atoms with E-state index in [1.165, 1.54) is 0 Å². The number of rotatable bonds is 2. The van der Waals surface area contributed by atoms with E-state index in [4.69, 9.17) is 4.74 Å². The van der Waals surface area contributed by atoms with Gasteiger partial charge in [-0.1, -0.05) is 12.1 Å². The summed E-state index contributed by atoms with van der Waals surface area (Å²) >= 11 is 0. The van der Waals surface area contributed by atoms with E-state index >= 15 is 0 Å². The number of aromatic hydroxyl groups is 1. The van der Waals surface area contributed by atoms with Gasteiger partial charge in [0.2, 0.25) is 0 Å². The molecule has 4 nitrogen and oxygen atoms in total. The molecule has 2 atom stereocenters. The highest BCUT2D eigenvalue weighted by Gasteiger charge is 2.36. The monoisotopic (exact) mass is 263 g/mol. The molecule has 1 aromatic carbocycles. The van der Waals surface area contributed by atoms with E-state index in [1.807, 2.05) is 26.8 Å². The quantitative estimate of drug-likeness (QED) is 0.802. The highest BCUT2D eigenvalue weighted by molar-refractivity contribution is 5.75. The molecule has 104 valence electrons. The van der Waals surface area contributed by atoms with Crippen molar-refractivity contribution >= 4 is 5.97 Å². The van der Waals surface area contributed by atoms with Crippen molar-refractivity contribution in [1.82, 2.24) is 5.32 Å². The lowest BCUT2D eigenvalue weighted by Crippen LogP contribution is -2.31. The predicted octanol–water partition coefficient (Wildman–Crippen LogP) is 2.04.